The van der Waals surface area contributed by atoms with Crippen LogP contribution in [0.15, 0.2) is 18.2 Å². The minimum atomic E-state index is -1.09. The molecule has 0 aromatic heterocycles. The standard InChI is InChI=1S/C14H17N3O3/c1-8(2)12(13(18)19)17-14(20)16-11-6-10(7-15)5-4-9(11)3/h4-6,8,12H,1-3H3,(H,18,19)(H2,16,17,20)/t12-/m0/s1. The van der Waals surface area contributed by atoms with E-state index >= 15 is 0 Å². The maximum atomic E-state index is 11.8. The van der Waals surface area contributed by atoms with Crippen molar-refractivity contribution in [1.82, 2.24) is 5.32 Å². The summed E-state index contributed by atoms with van der Waals surface area (Å²) in [4.78, 5) is 22.8. The summed E-state index contributed by atoms with van der Waals surface area (Å²) in [5.74, 6) is -1.32. The van der Waals surface area contributed by atoms with E-state index in [9.17, 15) is 9.59 Å². The lowest BCUT2D eigenvalue weighted by Crippen LogP contribution is -2.46. The number of carboxylic acid groups (broad SMARTS) is 1. The molecule has 0 spiro atoms. The Morgan fingerprint density at radius 3 is 2.50 bits per heavy atom. The van der Waals surface area contributed by atoms with Crippen LogP contribution < -0.4 is 10.6 Å². The molecule has 2 amide bonds. The Kier molecular flexibility index (Phi) is 5.09. The largest absolute Gasteiger partial charge is 0.480 e. The van der Waals surface area contributed by atoms with Crippen molar-refractivity contribution >= 4 is 17.7 Å². The van der Waals surface area contributed by atoms with E-state index in [2.05, 4.69) is 10.6 Å². The van der Waals surface area contributed by atoms with Crippen LogP contribution in [0.1, 0.15) is 25.0 Å². The van der Waals surface area contributed by atoms with Gasteiger partial charge in [0.15, 0.2) is 0 Å². The predicted molar refractivity (Wildman–Crippen MR) is 74.3 cm³/mol. The molecule has 106 valence electrons. The van der Waals surface area contributed by atoms with Gasteiger partial charge in [0.25, 0.3) is 0 Å². The summed E-state index contributed by atoms with van der Waals surface area (Å²) in [6.07, 6.45) is 0. The van der Waals surface area contributed by atoms with Gasteiger partial charge in [-0.25, -0.2) is 9.59 Å². The van der Waals surface area contributed by atoms with E-state index in [1.54, 1.807) is 39.0 Å². The first-order chi connectivity index (χ1) is 9.35. The summed E-state index contributed by atoms with van der Waals surface area (Å²) < 4.78 is 0. The molecule has 0 aliphatic carbocycles. The molecule has 0 fully saturated rings. The molecule has 6 heteroatoms. The summed E-state index contributed by atoms with van der Waals surface area (Å²) in [5.41, 5.74) is 1.69. The molecule has 0 unspecified atom stereocenters. The van der Waals surface area contributed by atoms with Gasteiger partial charge in [-0.1, -0.05) is 19.9 Å². The Morgan fingerprint density at radius 1 is 1.35 bits per heavy atom. The van der Waals surface area contributed by atoms with Crippen LogP contribution in [-0.4, -0.2) is 23.1 Å². The van der Waals surface area contributed by atoms with E-state index in [1.165, 1.54) is 0 Å². The second-order valence-electron chi connectivity index (χ2n) is 4.80. The molecule has 0 saturated heterocycles. The Morgan fingerprint density at radius 2 is 2.00 bits per heavy atom. The van der Waals surface area contributed by atoms with Crippen molar-refractivity contribution in [1.29, 1.82) is 5.26 Å². The van der Waals surface area contributed by atoms with E-state index < -0.39 is 18.0 Å². The number of carbonyl (C=O) groups excluding carboxylic acids is 1. The zero-order chi connectivity index (χ0) is 15.3. The molecule has 0 bridgehead atoms. The number of carboxylic acids is 1. The van der Waals surface area contributed by atoms with Crippen molar-refractivity contribution in [2.75, 3.05) is 5.32 Å². The van der Waals surface area contributed by atoms with Gasteiger partial charge in [0.2, 0.25) is 0 Å². The van der Waals surface area contributed by atoms with Crippen molar-refractivity contribution in [3.05, 3.63) is 29.3 Å². The zero-order valence-corrected chi connectivity index (χ0v) is 11.6. The van der Waals surface area contributed by atoms with Gasteiger partial charge in [-0.15, -0.1) is 0 Å². The van der Waals surface area contributed by atoms with Gasteiger partial charge >= 0.3 is 12.0 Å². The number of amides is 2. The van der Waals surface area contributed by atoms with Crippen LogP contribution >= 0.6 is 0 Å². The molecule has 20 heavy (non-hydrogen) atoms. The van der Waals surface area contributed by atoms with Crippen LogP contribution in [0.5, 0.6) is 0 Å². The molecular weight excluding hydrogens is 258 g/mol. The van der Waals surface area contributed by atoms with Gasteiger partial charge < -0.3 is 15.7 Å². The maximum absolute atomic E-state index is 11.8. The highest BCUT2D eigenvalue weighted by Crippen LogP contribution is 2.16. The van der Waals surface area contributed by atoms with Gasteiger partial charge in [-0.3, -0.25) is 0 Å². The van der Waals surface area contributed by atoms with Crippen molar-refractivity contribution in [3.8, 4) is 6.07 Å². The number of anilines is 1. The zero-order valence-electron chi connectivity index (χ0n) is 11.6. The number of hydrogen-bond acceptors (Lipinski definition) is 3. The molecule has 3 N–H and O–H groups in total. The second kappa shape index (κ2) is 6.57. The lowest BCUT2D eigenvalue weighted by atomic mass is 10.1. The highest BCUT2D eigenvalue weighted by atomic mass is 16.4. The average molecular weight is 275 g/mol. The molecule has 1 atom stereocenters. The first-order valence-corrected chi connectivity index (χ1v) is 6.16. The molecular formula is C14H17N3O3. The minimum Gasteiger partial charge on any atom is -0.480 e. The quantitative estimate of drug-likeness (QED) is 0.783. The molecule has 0 heterocycles. The lowest BCUT2D eigenvalue weighted by molar-refractivity contribution is -0.140. The molecule has 0 aliphatic rings. The fourth-order valence-electron chi connectivity index (χ4n) is 1.64. The van der Waals surface area contributed by atoms with E-state index in [0.717, 1.165) is 5.56 Å². The van der Waals surface area contributed by atoms with Crippen LogP contribution in [0, 0.1) is 24.2 Å². The number of carbonyl (C=O) groups is 2. The fourth-order valence-corrected chi connectivity index (χ4v) is 1.64. The average Bonchev–Trinajstić information content (AvgIpc) is 2.37. The molecule has 0 aliphatic heterocycles. The third-order valence-electron chi connectivity index (χ3n) is 2.83. The van der Waals surface area contributed by atoms with E-state index in [0.29, 0.717) is 11.3 Å². The summed E-state index contributed by atoms with van der Waals surface area (Å²) in [6, 6.07) is 5.31. The first kappa shape index (κ1) is 15.5. The van der Waals surface area contributed by atoms with Gasteiger partial charge in [0.1, 0.15) is 6.04 Å². The third-order valence-corrected chi connectivity index (χ3v) is 2.83. The first-order valence-electron chi connectivity index (χ1n) is 6.16. The monoisotopic (exact) mass is 275 g/mol. The number of aliphatic carboxylic acids is 1. The number of aryl methyl sites for hydroxylation is 1. The smallest absolute Gasteiger partial charge is 0.326 e. The van der Waals surface area contributed by atoms with E-state index in [1.807, 2.05) is 6.07 Å². The molecule has 1 rings (SSSR count). The van der Waals surface area contributed by atoms with Gasteiger partial charge in [-0.2, -0.15) is 5.26 Å². The molecule has 0 saturated carbocycles. The van der Waals surface area contributed by atoms with Gasteiger partial charge in [-0.05, 0) is 30.5 Å². The number of urea groups is 1. The molecule has 1 aromatic carbocycles. The van der Waals surface area contributed by atoms with Crippen LogP contribution in [0.3, 0.4) is 0 Å². The fraction of sp³-hybridized carbons (Fsp3) is 0.357. The second-order valence-corrected chi connectivity index (χ2v) is 4.80. The Balaban J connectivity index is 2.81. The molecule has 6 nitrogen and oxygen atoms in total. The lowest BCUT2D eigenvalue weighted by Gasteiger charge is -2.18. The Bertz CT molecular complexity index is 561. The molecule has 0 radical (unpaired) electrons. The number of hydrogen-bond donors (Lipinski definition) is 3. The predicted octanol–water partition coefficient (Wildman–Crippen LogP) is 2.10. The number of nitrogens with zero attached hydrogens (tertiary/aromatic N) is 1. The summed E-state index contributed by atoms with van der Waals surface area (Å²) in [5, 5.41) is 22.8. The Labute approximate surface area is 117 Å². The van der Waals surface area contributed by atoms with Crippen LogP contribution in [0.2, 0.25) is 0 Å². The van der Waals surface area contributed by atoms with Crippen LogP contribution in [0.25, 0.3) is 0 Å². The summed E-state index contributed by atoms with van der Waals surface area (Å²) >= 11 is 0. The molecule has 1 aromatic rings. The maximum Gasteiger partial charge on any atom is 0.326 e. The van der Waals surface area contributed by atoms with Crippen LogP contribution in [-0.2, 0) is 4.79 Å². The number of benzene rings is 1. The van der Waals surface area contributed by atoms with Gasteiger partial charge in [0.05, 0.1) is 11.6 Å². The summed E-state index contributed by atoms with van der Waals surface area (Å²) in [7, 11) is 0. The SMILES string of the molecule is Cc1ccc(C#N)cc1NC(=O)N[C@H](C(=O)O)C(C)C. The van der Waals surface area contributed by atoms with Crippen molar-refractivity contribution < 1.29 is 14.7 Å². The van der Waals surface area contributed by atoms with Crippen LogP contribution in [0.4, 0.5) is 10.5 Å². The normalized spacial score (nSPS) is 11.6. The number of rotatable bonds is 4. The van der Waals surface area contributed by atoms with Crippen molar-refractivity contribution in [3.63, 3.8) is 0 Å². The highest BCUT2D eigenvalue weighted by molar-refractivity contribution is 5.93. The van der Waals surface area contributed by atoms with E-state index in [-0.39, 0.29) is 5.92 Å². The highest BCUT2D eigenvalue weighted by Gasteiger charge is 2.23. The number of nitrogens with one attached hydrogen (secondary N) is 2. The van der Waals surface area contributed by atoms with Crippen molar-refractivity contribution in [2.24, 2.45) is 5.92 Å². The van der Waals surface area contributed by atoms with E-state index in [4.69, 9.17) is 10.4 Å². The summed E-state index contributed by atoms with van der Waals surface area (Å²) in [6.45, 7) is 5.20. The minimum absolute atomic E-state index is 0.232. The van der Waals surface area contributed by atoms with Gasteiger partial charge in [0, 0.05) is 5.69 Å². The van der Waals surface area contributed by atoms with Crippen molar-refractivity contribution in [2.45, 2.75) is 26.8 Å². The number of nitriles is 1. The third kappa shape index (κ3) is 3.99. The topological polar surface area (TPSA) is 102 Å². The Hall–Kier alpha value is -2.55.